The number of hydrogen-bond donors (Lipinski definition) is 1. The molecule has 0 saturated heterocycles. The quantitative estimate of drug-likeness (QED) is 0.689. The molecule has 1 aliphatic rings. The molecule has 2 aromatic carbocycles. The number of nitrogens with one attached hydrogen (secondary N) is 1. The van der Waals surface area contributed by atoms with Crippen molar-refractivity contribution in [1.29, 1.82) is 0 Å². The number of nitrogens with zero attached hydrogens (tertiary/aromatic N) is 4. The maximum atomic E-state index is 4.56. The van der Waals surface area contributed by atoms with Crippen LogP contribution in [0.15, 0.2) is 42.5 Å². The molecule has 1 aromatic heterocycles. The molecule has 146 valence electrons. The van der Waals surface area contributed by atoms with Crippen LogP contribution >= 0.6 is 0 Å². The number of hydrogen-bond acceptors (Lipinski definition) is 4. The molecule has 0 aliphatic heterocycles. The van der Waals surface area contributed by atoms with Crippen LogP contribution in [0, 0.1) is 26.7 Å². The van der Waals surface area contributed by atoms with E-state index in [1.54, 1.807) is 0 Å². The molecule has 28 heavy (non-hydrogen) atoms. The normalized spacial score (nSPS) is 22.2. The van der Waals surface area contributed by atoms with E-state index in [-0.39, 0.29) is 5.54 Å². The minimum absolute atomic E-state index is 0.267. The molecule has 1 fully saturated rings. The summed E-state index contributed by atoms with van der Waals surface area (Å²) in [4.78, 5) is 0. The van der Waals surface area contributed by atoms with Crippen molar-refractivity contribution in [2.45, 2.75) is 58.9 Å². The van der Waals surface area contributed by atoms with Gasteiger partial charge in [0.25, 0.3) is 0 Å². The summed E-state index contributed by atoms with van der Waals surface area (Å²) in [5, 5.41) is 17.0. The highest BCUT2D eigenvalue weighted by molar-refractivity contribution is 5.54. The van der Waals surface area contributed by atoms with E-state index >= 15 is 0 Å². The Morgan fingerprint density at radius 1 is 0.929 bits per heavy atom. The topological polar surface area (TPSA) is 55.6 Å². The van der Waals surface area contributed by atoms with E-state index in [0.717, 1.165) is 36.0 Å². The summed E-state index contributed by atoms with van der Waals surface area (Å²) in [5.74, 6) is 1.65. The van der Waals surface area contributed by atoms with Gasteiger partial charge in [0.05, 0.1) is 11.2 Å². The molecule has 0 atom stereocenters. The van der Waals surface area contributed by atoms with Gasteiger partial charge in [-0.25, -0.2) is 0 Å². The molecule has 0 spiro atoms. The Morgan fingerprint density at radius 3 is 2.25 bits per heavy atom. The largest absolute Gasteiger partial charge is 0.372 e. The predicted molar refractivity (Wildman–Crippen MR) is 113 cm³/mol. The summed E-state index contributed by atoms with van der Waals surface area (Å²) in [6, 6.07) is 14.8. The van der Waals surface area contributed by atoms with Crippen molar-refractivity contribution in [1.82, 2.24) is 20.2 Å². The summed E-state index contributed by atoms with van der Waals surface area (Å²) in [7, 11) is 0. The second kappa shape index (κ2) is 7.38. The summed E-state index contributed by atoms with van der Waals surface area (Å²) in [6.45, 7) is 8.73. The lowest BCUT2D eigenvalue weighted by atomic mass is 9.76. The van der Waals surface area contributed by atoms with E-state index in [4.69, 9.17) is 0 Å². The van der Waals surface area contributed by atoms with Crippen LogP contribution in [0.2, 0.25) is 0 Å². The Bertz CT molecular complexity index is 946. The minimum atomic E-state index is -0.267. The van der Waals surface area contributed by atoms with Gasteiger partial charge in [-0.05, 0) is 85.6 Å². The van der Waals surface area contributed by atoms with E-state index in [2.05, 4.69) is 91.0 Å². The first kappa shape index (κ1) is 18.7. The number of anilines is 1. The van der Waals surface area contributed by atoms with Crippen LogP contribution in [0.5, 0.6) is 0 Å². The third kappa shape index (κ3) is 3.30. The highest BCUT2D eigenvalue weighted by Crippen LogP contribution is 2.42. The first-order valence-electron chi connectivity index (χ1n) is 10.2. The summed E-state index contributed by atoms with van der Waals surface area (Å²) < 4.78 is 1.96. The number of para-hydroxylation sites is 2. The second-order valence-electron chi connectivity index (χ2n) is 8.36. The maximum absolute atomic E-state index is 4.56. The van der Waals surface area contributed by atoms with E-state index in [0.29, 0.717) is 0 Å². The SMILES string of the molecule is Cc1ccccc1NC1(c2nnnn2-c2c(C)cccc2C)CCC(C)CC1. The van der Waals surface area contributed by atoms with Crippen LogP contribution in [0.4, 0.5) is 5.69 Å². The van der Waals surface area contributed by atoms with E-state index < -0.39 is 0 Å². The highest BCUT2D eigenvalue weighted by Gasteiger charge is 2.41. The van der Waals surface area contributed by atoms with Gasteiger partial charge in [0.2, 0.25) is 0 Å². The molecular formula is C23H29N5. The zero-order chi connectivity index (χ0) is 19.7. The molecule has 0 unspecified atom stereocenters. The monoisotopic (exact) mass is 375 g/mol. The van der Waals surface area contributed by atoms with Gasteiger partial charge in [0.15, 0.2) is 5.82 Å². The summed E-state index contributed by atoms with van der Waals surface area (Å²) in [5.41, 5.74) is 5.59. The molecule has 1 N–H and O–H groups in total. The van der Waals surface area contributed by atoms with Gasteiger partial charge >= 0.3 is 0 Å². The first-order chi connectivity index (χ1) is 13.5. The number of benzene rings is 2. The average molecular weight is 376 g/mol. The van der Waals surface area contributed by atoms with Crippen LogP contribution < -0.4 is 5.32 Å². The molecule has 3 aromatic rings. The van der Waals surface area contributed by atoms with Gasteiger partial charge in [-0.1, -0.05) is 43.3 Å². The lowest BCUT2D eigenvalue weighted by molar-refractivity contribution is 0.255. The van der Waals surface area contributed by atoms with E-state index in [9.17, 15) is 0 Å². The zero-order valence-corrected chi connectivity index (χ0v) is 17.2. The molecule has 5 heteroatoms. The van der Waals surface area contributed by atoms with Crippen LogP contribution in [0.25, 0.3) is 5.69 Å². The molecule has 1 heterocycles. The first-order valence-corrected chi connectivity index (χ1v) is 10.2. The zero-order valence-electron chi connectivity index (χ0n) is 17.2. The van der Waals surface area contributed by atoms with Crippen molar-refractivity contribution in [3.63, 3.8) is 0 Å². The van der Waals surface area contributed by atoms with Crippen LogP contribution in [-0.2, 0) is 5.54 Å². The Morgan fingerprint density at radius 2 is 1.57 bits per heavy atom. The number of rotatable bonds is 4. The number of aryl methyl sites for hydroxylation is 3. The molecule has 1 saturated carbocycles. The maximum Gasteiger partial charge on any atom is 0.181 e. The molecule has 0 bridgehead atoms. The second-order valence-corrected chi connectivity index (χ2v) is 8.36. The van der Waals surface area contributed by atoms with Crippen molar-refractivity contribution in [2.75, 3.05) is 5.32 Å². The number of tetrazole rings is 1. The smallest absolute Gasteiger partial charge is 0.181 e. The Kier molecular flexibility index (Phi) is 4.92. The molecule has 0 amide bonds. The lowest BCUT2D eigenvalue weighted by Crippen LogP contribution is -2.41. The van der Waals surface area contributed by atoms with Gasteiger partial charge in [0.1, 0.15) is 0 Å². The third-order valence-corrected chi connectivity index (χ3v) is 6.20. The average Bonchev–Trinajstić information content (AvgIpc) is 3.16. The predicted octanol–water partition coefficient (Wildman–Crippen LogP) is 5.11. The molecule has 5 nitrogen and oxygen atoms in total. The van der Waals surface area contributed by atoms with E-state index in [1.165, 1.54) is 29.5 Å². The van der Waals surface area contributed by atoms with Crippen molar-refractivity contribution < 1.29 is 0 Å². The Hall–Kier alpha value is -2.69. The van der Waals surface area contributed by atoms with Crippen molar-refractivity contribution in [3.8, 4) is 5.69 Å². The summed E-state index contributed by atoms with van der Waals surface area (Å²) in [6.07, 6.45) is 4.37. The van der Waals surface area contributed by atoms with Gasteiger partial charge in [-0.2, -0.15) is 4.68 Å². The standard InChI is InChI=1S/C23H29N5/c1-16-12-14-23(15-13-16,24-20-11-6-5-8-17(20)2)22-25-26-27-28(22)21-18(3)9-7-10-19(21)4/h5-11,16,24H,12-15H2,1-4H3. The van der Waals surface area contributed by atoms with Gasteiger partial charge in [-0.15, -0.1) is 5.10 Å². The lowest BCUT2D eigenvalue weighted by Gasteiger charge is -2.40. The van der Waals surface area contributed by atoms with Crippen LogP contribution in [0.3, 0.4) is 0 Å². The van der Waals surface area contributed by atoms with Gasteiger partial charge in [0, 0.05) is 5.69 Å². The van der Waals surface area contributed by atoms with E-state index in [1.807, 2.05) is 4.68 Å². The van der Waals surface area contributed by atoms with Crippen molar-refractivity contribution in [3.05, 3.63) is 65.0 Å². The van der Waals surface area contributed by atoms with Crippen LogP contribution in [0.1, 0.15) is 55.1 Å². The summed E-state index contributed by atoms with van der Waals surface area (Å²) >= 11 is 0. The Labute approximate surface area is 167 Å². The molecule has 1 aliphatic carbocycles. The van der Waals surface area contributed by atoms with Crippen LogP contribution in [-0.4, -0.2) is 20.2 Å². The minimum Gasteiger partial charge on any atom is -0.372 e. The molecule has 4 rings (SSSR count). The Balaban J connectivity index is 1.83. The van der Waals surface area contributed by atoms with Crippen molar-refractivity contribution >= 4 is 5.69 Å². The number of aromatic nitrogens is 4. The third-order valence-electron chi connectivity index (χ3n) is 6.20. The fraction of sp³-hybridized carbons (Fsp3) is 0.435. The van der Waals surface area contributed by atoms with Gasteiger partial charge in [-0.3, -0.25) is 0 Å². The molecule has 0 radical (unpaired) electrons. The fourth-order valence-corrected chi connectivity index (χ4v) is 4.41. The molecular weight excluding hydrogens is 346 g/mol. The van der Waals surface area contributed by atoms with Gasteiger partial charge < -0.3 is 5.32 Å². The highest BCUT2D eigenvalue weighted by atomic mass is 15.6. The fourth-order valence-electron chi connectivity index (χ4n) is 4.41. The van der Waals surface area contributed by atoms with Crippen molar-refractivity contribution in [2.24, 2.45) is 5.92 Å².